The zero-order valence-electron chi connectivity index (χ0n) is 11.3. The summed E-state index contributed by atoms with van der Waals surface area (Å²) in [6.45, 7) is 1.73. The lowest BCUT2D eigenvalue weighted by Crippen LogP contribution is -2.01. The minimum absolute atomic E-state index is 0.267. The Morgan fingerprint density at radius 2 is 2.00 bits per heavy atom. The summed E-state index contributed by atoms with van der Waals surface area (Å²) in [5.74, 6) is -0.0175. The number of nitrogens with two attached hydrogens (primary N) is 1. The van der Waals surface area contributed by atoms with Gasteiger partial charge < -0.3 is 10.8 Å². The monoisotopic (exact) mass is 299 g/mol. The van der Waals surface area contributed by atoms with E-state index in [-0.39, 0.29) is 4.88 Å². The van der Waals surface area contributed by atoms with Gasteiger partial charge in [-0.3, -0.25) is 0 Å². The molecule has 0 aliphatic rings. The van der Waals surface area contributed by atoms with Crippen LogP contribution in [-0.4, -0.2) is 21.0 Å². The molecule has 21 heavy (non-hydrogen) atoms. The molecule has 0 amide bonds. The third-order valence-electron chi connectivity index (χ3n) is 3.26. The van der Waals surface area contributed by atoms with Crippen molar-refractivity contribution in [1.82, 2.24) is 9.97 Å². The second kappa shape index (κ2) is 5.14. The van der Waals surface area contributed by atoms with Crippen molar-refractivity contribution in [3.8, 4) is 0 Å². The number of carboxylic acids is 1. The van der Waals surface area contributed by atoms with Gasteiger partial charge in [0.2, 0.25) is 0 Å². The average molecular weight is 299 g/mol. The molecule has 0 atom stereocenters. The number of aryl methyl sites for hydroxylation is 1. The van der Waals surface area contributed by atoms with E-state index in [0.717, 1.165) is 16.9 Å². The number of fused-ring (bicyclic) bond motifs is 1. The molecule has 0 aliphatic carbocycles. The first-order valence-electron chi connectivity index (χ1n) is 6.39. The molecule has 0 bridgehead atoms. The van der Waals surface area contributed by atoms with E-state index in [9.17, 15) is 9.90 Å². The highest BCUT2D eigenvalue weighted by Gasteiger charge is 2.18. The molecule has 3 rings (SSSR count). The van der Waals surface area contributed by atoms with Crippen LogP contribution in [0.15, 0.2) is 30.3 Å². The summed E-state index contributed by atoms with van der Waals surface area (Å²) >= 11 is 1.14. The highest BCUT2D eigenvalue weighted by molar-refractivity contribution is 7.20. The van der Waals surface area contributed by atoms with E-state index in [0.29, 0.717) is 33.8 Å². The molecule has 1 aromatic carbocycles. The highest BCUT2D eigenvalue weighted by atomic mass is 32.1. The van der Waals surface area contributed by atoms with E-state index in [1.807, 2.05) is 30.3 Å². The molecule has 0 unspecified atom stereocenters. The van der Waals surface area contributed by atoms with Gasteiger partial charge in [-0.15, -0.1) is 11.3 Å². The Bertz CT molecular complexity index is 828. The summed E-state index contributed by atoms with van der Waals surface area (Å²) in [6, 6.07) is 9.84. The quantitative estimate of drug-likeness (QED) is 0.776. The minimum Gasteiger partial charge on any atom is -0.477 e. The SMILES string of the molecule is Cc1c(C(=O)O)sc2nc(Cc3ccccc3)nc(N)c12. The molecule has 0 aliphatic heterocycles. The number of hydrogen-bond donors (Lipinski definition) is 2. The summed E-state index contributed by atoms with van der Waals surface area (Å²) in [6.07, 6.45) is 0.570. The van der Waals surface area contributed by atoms with Crippen LogP contribution < -0.4 is 5.73 Å². The van der Waals surface area contributed by atoms with Crippen molar-refractivity contribution in [2.45, 2.75) is 13.3 Å². The van der Waals surface area contributed by atoms with Crippen LogP contribution in [0.2, 0.25) is 0 Å². The summed E-state index contributed by atoms with van der Waals surface area (Å²) in [5, 5.41) is 9.83. The molecule has 5 nitrogen and oxygen atoms in total. The maximum atomic E-state index is 11.2. The first-order valence-corrected chi connectivity index (χ1v) is 7.20. The number of thiophene rings is 1. The topological polar surface area (TPSA) is 89.1 Å². The lowest BCUT2D eigenvalue weighted by atomic mass is 10.1. The first kappa shape index (κ1) is 13.5. The Morgan fingerprint density at radius 1 is 1.29 bits per heavy atom. The molecule has 3 N–H and O–H groups in total. The van der Waals surface area contributed by atoms with Crippen LogP contribution in [0.3, 0.4) is 0 Å². The fourth-order valence-electron chi connectivity index (χ4n) is 2.28. The molecule has 6 heteroatoms. The van der Waals surface area contributed by atoms with Gasteiger partial charge in [0.05, 0.1) is 5.39 Å². The molecule has 2 heterocycles. The minimum atomic E-state index is -0.959. The van der Waals surface area contributed by atoms with Crippen LogP contribution >= 0.6 is 11.3 Å². The Balaban J connectivity index is 2.09. The Hall–Kier alpha value is -2.47. The van der Waals surface area contributed by atoms with Gasteiger partial charge in [0.25, 0.3) is 0 Å². The molecule has 0 saturated heterocycles. The lowest BCUT2D eigenvalue weighted by Gasteiger charge is -2.03. The standard InChI is InChI=1S/C15H13N3O2S/c1-8-11-13(16)17-10(7-9-5-3-2-4-6-9)18-14(11)21-12(8)15(19)20/h2-6H,7H2,1H3,(H,19,20)(H2,16,17,18). The molecule has 0 fully saturated rings. The Kier molecular flexibility index (Phi) is 3.31. The van der Waals surface area contributed by atoms with Crippen molar-refractivity contribution in [3.63, 3.8) is 0 Å². The Labute approximate surface area is 125 Å². The number of aromatic carboxylic acids is 1. The summed E-state index contributed by atoms with van der Waals surface area (Å²) < 4.78 is 0. The van der Waals surface area contributed by atoms with Crippen molar-refractivity contribution >= 4 is 33.3 Å². The van der Waals surface area contributed by atoms with E-state index >= 15 is 0 Å². The highest BCUT2D eigenvalue weighted by Crippen LogP contribution is 2.32. The van der Waals surface area contributed by atoms with Crippen molar-refractivity contribution < 1.29 is 9.90 Å². The van der Waals surface area contributed by atoms with Crippen LogP contribution in [0, 0.1) is 6.92 Å². The van der Waals surface area contributed by atoms with Gasteiger partial charge in [-0.2, -0.15) is 0 Å². The van der Waals surface area contributed by atoms with Crippen molar-refractivity contribution in [2.75, 3.05) is 5.73 Å². The van der Waals surface area contributed by atoms with Gasteiger partial charge in [0.15, 0.2) is 0 Å². The van der Waals surface area contributed by atoms with Crippen LogP contribution in [0.1, 0.15) is 26.6 Å². The molecular formula is C15H13N3O2S. The Morgan fingerprint density at radius 3 is 2.67 bits per heavy atom. The van der Waals surface area contributed by atoms with Gasteiger partial charge in [0, 0.05) is 6.42 Å². The molecule has 106 valence electrons. The molecule has 3 aromatic rings. The van der Waals surface area contributed by atoms with Crippen LogP contribution in [-0.2, 0) is 6.42 Å². The van der Waals surface area contributed by atoms with Gasteiger partial charge >= 0.3 is 5.97 Å². The fraction of sp³-hybridized carbons (Fsp3) is 0.133. The summed E-state index contributed by atoms with van der Waals surface area (Å²) in [4.78, 5) is 20.9. The van der Waals surface area contributed by atoms with Gasteiger partial charge in [0.1, 0.15) is 21.3 Å². The van der Waals surface area contributed by atoms with E-state index in [2.05, 4.69) is 9.97 Å². The number of carboxylic acid groups (broad SMARTS) is 1. The van der Waals surface area contributed by atoms with E-state index < -0.39 is 5.97 Å². The van der Waals surface area contributed by atoms with Crippen molar-refractivity contribution in [1.29, 1.82) is 0 Å². The van der Waals surface area contributed by atoms with Crippen LogP contribution in [0.5, 0.6) is 0 Å². The summed E-state index contributed by atoms with van der Waals surface area (Å²) in [5.41, 5.74) is 7.70. The average Bonchev–Trinajstić information content (AvgIpc) is 2.77. The fourth-order valence-corrected chi connectivity index (χ4v) is 3.32. The third-order valence-corrected chi connectivity index (χ3v) is 4.44. The smallest absolute Gasteiger partial charge is 0.346 e. The van der Waals surface area contributed by atoms with Crippen molar-refractivity contribution in [2.24, 2.45) is 0 Å². The third kappa shape index (κ3) is 2.45. The number of aromatic nitrogens is 2. The second-order valence-corrected chi connectivity index (χ2v) is 5.73. The predicted molar refractivity (Wildman–Crippen MR) is 82.8 cm³/mol. The van der Waals surface area contributed by atoms with Gasteiger partial charge in [-0.05, 0) is 18.1 Å². The molecule has 2 aromatic heterocycles. The van der Waals surface area contributed by atoms with Gasteiger partial charge in [-0.25, -0.2) is 14.8 Å². The molecular weight excluding hydrogens is 286 g/mol. The number of hydrogen-bond acceptors (Lipinski definition) is 5. The van der Waals surface area contributed by atoms with Crippen molar-refractivity contribution in [3.05, 3.63) is 52.2 Å². The first-order chi connectivity index (χ1) is 10.1. The molecule has 0 saturated carbocycles. The second-order valence-electron chi connectivity index (χ2n) is 4.73. The van der Waals surface area contributed by atoms with Gasteiger partial charge in [-0.1, -0.05) is 30.3 Å². The largest absolute Gasteiger partial charge is 0.477 e. The number of nitrogens with zero attached hydrogens (tertiary/aromatic N) is 2. The number of rotatable bonds is 3. The molecule has 0 spiro atoms. The number of nitrogen functional groups attached to an aromatic ring is 1. The van der Waals surface area contributed by atoms with Crippen LogP contribution in [0.4, 0.5) is 5.82 Å². The normalized spacial score (nSPS) is 10.9. The zero-order chi connectivity index (χ0) is 15.0. The number of benzene rings is 1. The van der Waals surface area contributed by atoms with Crippen LogP contribution in [0.25, 0.3) is 10.2 Å². The zero-order valence-corrected chi connectivity index (χ0v) is 12.1. The van der Waals surface area contributed by atoms with E-state index in [1.165, 1.54) is 0 Å². The van der Waals surface area contributed by atoms with E-state index in [1.54, 1.807) is 6.92 Å². The van der Waals surface area contributed by atoms with E-state index in [4.69, 9.17) is 5.73 Å². The molecule has 0 radical (unpaired) electrons. The lowest BCUT2D eigenvalue weighted by molar-refractivity contribution is 0.0701. The predicted octanol–water partition coefficient (Wildman–Crippen LogP) is 2.87. The summed E-state index contributed by atoms with van der Waals surface area (Å²) in [7, 11) is 0. The number of anilines is 1. The maximum Gasteiger partial charge on any atom is 0.346 e. The number of carbonyl (C=O) groups is 1. The maximum absolute atomic E-state index is 11.2.